The Hall–Kier alpha value is -2.40. The Bertz CT molecular complexity index is 733. The first kappa shape index (κ1) is 17.9. The SMILES string of the molecule is COc1ccc(C(=O)NC(C)c2ccccc2Cl)c(OC)c1OC. The molecule has 0 saturated heterocycles. The number of nitrogens with one attached hydrogen (secondary N) is 1. The average Bonchev–Trinajstić information content (AvgIpc) is 2.60. The van der Waals surface area contributed by atoms with Crippen molar-refractivity contribution >= 4 is 17.5 Å². The number of hydrogen-bond acceptors (Lipinski definition) is 4. The van der Waals surface area contributed by atoms with Crippen LogP contribution in [0.15, 0.2) is 36.4 Å². The summed E-state index contributed by atoms with van der Waals surface area (Å²) in [7, 11) is 4.50. The van der Waals surface area contributed by atoms with Gasteiger partial charge in [0.05, 0.1) is 32.9 Å². The summed E-state index contributed by atoms with van der Waals surface area (Å²) in [6.07, 6.45) is 0. The summed E-state index contributed by atoms with van der Waals surface area (Å²) in [6.45, 7) is 1.87. The fourth-order valence-corrected chi connectivity index (χ4v) is 2.76. The standard InChI is InChI=1S/C18H20ClNO4/c1-11(12-7-5-6-8-14(12)19)20-18(21)13-9-10-15(22-2)17(24-4)16(13)23-3/h5-11H,1-4H3,(H,20,21). The van der Waals surface area contributed by atoms with Crippen LogP contribution in [-0.4, -0.2) is 27.2 Å². The van der Waals surface area contributed by atoms with Gasteiger partial charge in [0.15, 0.2) is 11.5 Å². The average molecular weight is 350 g/mol. The van der Waals surface area contributed by atoms with E-state index in [0.29, 0.717) is 27.8 Å². The van der Waals surface area contributed by atoms with E-state index in [0.717, 1.165) is 5.56 Å². The molecule has 1 atom stereocenters. The number of ether oxygens (including phenoxy) is 3. The predicted octanol–water partition coefficient (Wildman–Crippen LogP) is 3.86. The van der Waals surface area contributed by atoms with Crippen LogP contribution in [0.5, 0.6) is 17.2 Å². The van der Waals surface area contributed by atoms with Crippen LogP contribution >= 0.6 is 11.6 Å². The molecule has 1 N–H and O–H groups in total. The molecule has 0 saturated carbocycles. The minimum Gasteiger partial charge on any atom is -0.493 e. The summed E-state index contributed by atoms with van der Waals surface area (Å²) >= 11 is 6.18. The van der Waals surface area contributed by atoms with Gasteiger partial charge in [-0.25, -0.2) is 0 Å². The Kier molecular flexibility index (Phi) is 5.93. The topological polar surface area (TPSA) is 56.8 Å². The highest BCUT2D eigenvalue weighted by Crippen LogP contribution is 2.39. The van der Waals surface area contributed by atoms with E-state index in [1.807, 2.05) is 25.1 Å². The van der Waals surface area contributed by atoms with Gasteiger partial charge in [0.1, 0.15) is 0 Å². The van der Waals surface area contributed by atoms with Crippen LogP contribution in [0.1, 0.15) is 28.9 Å². The number of carbonyl (C=O) groups excluding carboxylic acids is 1. The number of methoxy groups -OCH3 is 3. The number of rotatable bonds is 6. The molecule has 0 aliphatic rings. The maximum absolute atomic E-state index is 12.7. The zero-order valence-corrected chi connectivity index (χ0v) is 14.8. The normalized spacial score (nSPS) is 11.5. The maximum Gasteiger partial charge on any atom is 0.255 e. The zero-order valence-electron chi connectivity index (χ0n) is 14.1. The second kappa shape index (κ2) is 7.93. The molecule has 128 valence electrons. The van der Waals surface area contributed by atoms with E-state index in [9.17, 15) is 4.79 Å². The van der Waals surface area contributed by atoms with Gasteiger partial charge < -0.3 is 19.5 Å². The highest BCUT2D eigenvalue weighted by molar-refractivity contribution is 6.31. The van der Waals surface area contributed by atoms with Gasteiger partial charge in [-0.15, -0.1) is 0 Å². The molecule has 2 rings (SSSR count). The second-order valence-corrected chi connectivity index (χ2v) is 5.51. The molecule has 0 radical (unpaired) electrons. The van der Waals surface area contributed by atoms with Crippen LogP contribution in [0.4, 0.5) is 0 Å². The first-order valence-corrected chi connectivity index (χ1v) is 7.75. The third-order valence-electron chi connectivity index (χ3n) is 3.67. The van der Waals surface area contributed by atoms with E-state index < -0.39 is 0 Å². The van der Waals surface area contributed by atoms with Gasteiger partial charge >= 0.3 is 0 Å². The molecule has 0 fully saturated rings. The molecular weight excluding hydrogens is 330 g/mol. The molecule has 2 aromatic carbocycles. The van der Waals surface area contributed by atoms with Crippen LogP contribution in [-0.2, 0) is 0 Å². The van der Waals surface area contributed by atoms with E-state index in [1.54, 1.807) is 18.2 Å². The van der Waals surface area contributed by atoms with Gasteiger partial charge in [0.2, 0.25) is 5.75 Å². The number of hydrogen-bond donors (Lipinski definition) is 1. The first-order chi connectivity index (χ1) is 11.5. The van der Waals surface area contributed by atoms with Crippen molar-refractivity contribution in [1.29, 1.82) is 0 Å². The third-order valence-corrected chi connectivity index (χ3v) is 4.01. The first-order valence-electron chi connectivity index (χ1n) is 7.37. The van der Waals surface area contributed by atoms with Gasteiger partial charge in [0.25, 0.3) is 5.91 Å². The Morgan fingerprint density at radius 2 is 1.67 bits per heavy atom. The van der Waals surface area contributed by atoms with E-state index in [4.69, 9.17) is 25.8 Å². The van der Waals surface area contributed by atoms with Crippen molar-refractivity contribution in [2.24, 2.45) is 0 Å². The smallest absolute Gasteiger partial charge is 0.255 e. The Balaban J connectivity index is 2.31. The zero-order chi connectivity index (χ0) is 17.7. The van der Waals surface area contributed by atoms with Gasteiger partial charge in [-0.1, -0.05) is 29.8 Å². The van der Waals surface area contributed by atoms with Crippen molar-refractivity contribution in [3.05, 3.63) is 52.5 Å². The molecule has 0 spiro atoms. The third kappa shape index (κ3) is 3.57. The lowest BCUT2D eigenvalue weighted by atomic mass is 10.1. The van der Waals surface area contributed by atoms with Crippen LogP contribution in [0.25, 0.3) is 0 Å². The Morgan fingerprint density at radius 3 is 2.25 bits per heavy atom. The van der Waals surface area contributed by atoms with Crippen molar-refractivity contribution in [2.75, 3.05) is 21.3 Å². The molecule has 1 unspecified atom stereocenters. The largest absolute Gasteiger partial charge is 0.493 e. The monoisotopic (exact) mass is 349 g/mol. The molecule has 0 aromatic heterocycles. The van der Waals surface area contributed by atoms with E-state index in [-0.39, 0.29) is 11.9 Å². The van der Waals surface area contributed by atoms with Gasteiger partial charge in [-0.05, 0) is 30.7 Å². The van der Waals surface area contributed by atoms with Crippen LogP contribution in [0.2, 0.25) is 5.02 Å². The lowest BCUT2D eigenvalue weighted by molar-refractivity contribution is 0.0936. The van der Waals surface area contributed by atoms with Crippen molar-refractivity contribution in [1.82, 2.24) is 5.32 Å². The van der Waals surface area contributed by atoms with Crippen molar-refractivity contribution < 1.29 is 19.0 Å². The molecule has 0 bridgehead atoms. The molecule has 1 amide bonds. The van der Waals surface area contributed by atoms with Crippen molar-refractivity contribution in [3.8, 4) is 17.2 Å². The van der Waals surface area contributed by atoms with Gasteiger partial charge in [0, 0.05) is 5.02 Å². The summed E-state index contributed by atoms with van der Waals surface area (Å²) in [5.41, 5.74) is 1.20. The number of amides is 1. The summed E-state index contributed by atoms with van der Waals surface area (Å²) in [4.78, 5) is 12.7. The summed E-state index contributed by atoms with van der Waals surface area (Å²) in [5, 5.41) is 3.52. The lowest BCUT2D eigenvalue weighted by Crippen LogP contribution is -2.27. The highest BCUT2D eigenvalue weighted by Gasteiger charge is 2.22. The van der Waals surface area contributed by atoms with E-state index in [1.165, 1.54) is 21.3 Å². The van der Waals surface area contributed by atoms with Gasteiger partial charge in [-0.3, -0.25) is 4.79 Å². The summed E-state index contributed by atoms with van der Waals surface area (Å²) in [6, 6.07) is 10.4. The number of benzene rings is 2. The molecule has 2 aromatic rings. The number of halogens is 1. The quantitative estimate of drug-likeness (QED) is 0.860. The Morgan fingerprint density at radius 1 is 1.00 bits per heavy atom. The predicted molar refractivity (Wildman–Crippen MR) is 93.4 cm³/mol. The van der Waals surface area contributed by atoms with Gasteiger partial charge in [-0.2, -0.15) is 0 Å². The van der Waals surface area contributed by atoms with Crippen molar-refractivity contribution in [2.45, 2.75) is 13.0 Å². The molecule has 0 aliphatic carbocycles. The van der Waals surface area contributed by atoms with Crippen LogP contribution < -0.4 is 19.5 Å². The Labute approximate surface area is 146 Å². The lowest BCUT2D eigenvalue weighted by Gasteiger charge is -2.18. The molecule has 5 nitrogen and oxygen atoms in total. The fraction of sp³-hybridized carbons (Fsp3) is 0.278. The van der Waals surface area contributed by atoms with Crippen LogP contribution in [0, 0.1) is 0 Å². The summed E-state index contributed by atoms with van der Waals surface area (Å²) < 4.78 is 15.9. The minimum absolute atomic E-state index is 0.260. The minimum atomic E-state index is -0.291. The van der Waals surface area contributed by atoms with E-state index >= 15 is 0 Å². The molecule has 24 heavy (non-hydrogen) atoms. The molecule has 0 heterocycles. The number of carbonyl (C=O) groups is 1. The van der Waals surface area contributed by atoms with Crippen LogP contribution in [0.3, 0.4) is 0 Å². The van der Waals surface area contributed by atoms with Crippen molar-refractivity contribution in [3.63, 3.8) is 0 Å². The molecule has 6 heteroatoms. The summed E-state index contributed by atoms with van der Waals surface area (Å²) in [5.74, 6) is 0.893. The molecular formula is C18H20ClNO4. The fourth-order valence-electron chi connectivity index (χ4n) is 2.46. The second-order valence-electron chi connectivity index (χ2n) is 5.10. The van der Waals surface area contributed by atoms with E-state index in [2.05, 4.69) is 5.32 Å². The molecule has 0 aliphatic heterocycles. The highest BCUT2D eigenvalue weighted by atomic mass is 35.5. The maximum atomic E-state index is 12.7.